The van der Waals surface area contributed by atoms with Crippen molar-refractivity contribution >= 4 is 48.9 Å². The number of fused-ring (bicyclic) bond motifs is 1. The molecule has 0 spiro atoms. The molecule has 6 nitrogen and oxygen atoms in total. The molecular weight excluding hydrogens is 616 g/mol. The molecule has 0 aromatic heterocycles. The topological polar surface area (TPSA) is 99.6 Å². The second kappa shape index (κ2) is 5.73. The van der Waals surface area contributed by atoms with E-state index >= 15 is 0 Å². The van der Waals surface area contributed by atoms with Crippen LogP contribution in [0.15, 0.2) is 0 Å². The summed E-state index contributed by atoms with van der Waals surface area (Å²) in [7, 11) is 0. The van der Waals surface area contributed by atoms with Crippen LogP contribution in [0, 0.1) is 0 Å². The summed E-state index contributed by atoms with van der Waals surface area (Å²) in [6.45, 7) is 2.82. The van der Waals surface area contributed by atoms with Gasteiger partial charge in [-0.1, -0.05) is 0 Å². The average Bonchev–Trinajstić information content (AvgIpc) is 3.21. The molecule has 3 saturated heterocycles. The van der Waals surface area contributed by atoms with E-state index in [2.05, 4.69) is 11.8 Å². The summed E-state index contributed by atoms with van der Waals surface area (Å²) >= 11 is 0.130. The van der Waals surface area contributed by atoms with Gasteiger partial charge in [0, 0.05) is 0 Å². The van der Waals surface area contributed by atoms with Gasteiger partial charge in [-0.15, -0.1) is 0 Å². The monoisotopic (exact) mass is 632 g/mol. The van der Waals surface area contributed by atoms with Crippen LogP contribution in [0.4, 0.5) is 26.3 Å². The first-order valence-corrected chi connectivity index (χ1v) is 11.9. The number of ether oxygens (including phenoxy) is 2. The van der Waals surface area contributed by atoms with E-state index in [-0.39, 0.29) is 0 Å². The Balaban J connectivity index is 1.91. The molecular formula is C13H16F6I2N2O4. The number of aliphatic hydroxyl groups is 1. The van der Waals surface area contributed by atoms with Gasteiger partial charge >= 0.3 is 172 Å². The van der Waals surface area contributed by atoms with Crippen LogP contribution >= 0.6 is 43.0 Å². The second-order valence-electron chi connectivity index (χ2n) is 7.44. The quantitative estimate of drug-likeness (QED) is 0.0843. The third-order valence-electron chi connectivity index (χ3n) is 4.79. The van der Waals surface area contributed by atoms with Crippen LogP contribution < -0.4 is 7.06 Å². The number of esters is 1. The Morgan fingerprint density at radius 2 is 1.63 bits per heavy atom. The van der Waals surface area contributed by atoms with Crippen LogP contribution in [0.25, 0.3) is 0 Å². The molecule has 0 aromatic carbocycles. The minimum absolute atomic E-state index is 0.394. The Morgan fingerprint density at radius 1 is 1.15 bits per heavy atom. The minimum atomic E-state index is -5.52. The zero-order chi connectivity index (χ0) is 20.9. The molecule has 0 amide bonds. The molecule has 3 N–H and O–H groups in total. The molecule has 4 atom stereocenters. The first-order valence-electron chi connectivity index (χ1n) is 7.55. The van der Waals surface area contributed by atoms with E-state index in [9.17, 15) is 36.2 Å². The van der Waals surface area contributed by atoms with Crippen molar-refractivity contribution in [3.8, 4) is 0 Å². The molecule has 0 aromatic rings. The number of hydrogen-bond donors (Lipinski definition) is 3. The predicted molar refractivity (Wildman–Crippen MR) is 95.7 cm³/mol. The van der Waals surface area contributed by atoms with Crippen molar-refractivity contribution < 1.29 is 45.7 Å². The van der Waals surface area contributed by atoms with E-state index in [0.717, 1.165) is 6.92 Å². The zero-order valence-electron chi connectivity index (χ0n) is 14.1. The van der Waals surface area contributed by atoms with Gasteiger partial charge in [0.15, 0.2) is 0 Å². The Kier molecular flexibility index (Phi) is 4.68. The molecule has 3 rings (SSSR count). The van der Waals surface area contributed by atoms with Gasteiger partial charge < -0.3 is 0 Å². The molecule has 0 saturated carbocycles. The Bertz CT molecular complexity index is 653. The number of carbonyl (C=O) groups excluding carboxylic acids is 1. The van der Waals surface area contributed by atoms with Gasteiger partial charge in [-0.2, -0.15) is 0 Å². The number of carbonyl (C=O) groups is 1. The van der Waals surface area contributed by atoms with E-state index < -0.39 is 75.6 Å². The van der Waals surface area contributed by atoms with Crippen LogP contribution in [-0.4, -0.2) is 47.5 Å². The van der Waals surface area contributed by atoms with E-state index in [4.69, 9.17) is 4.74 Å². The molecule has 0 aliphatic carbocycles. The standard InChI is InChI=1S/C13H16F6I2N2O4/c1-7(26-6(24)9(3,20)13-21(22-13)23-13)4-8(2,11(14,15)16)27-10(25,5-7)12(17,18)19/h22-23,25H,4-5H2,1-3H3. The molecule has 3 fully saturated rings. The Morgan fingerprint density at radius 3 is 2.00 bits per heavy atom. The van der Waals surface area contributed by atoms with Crippen LogP contribution in [0.5, 0.6) is 0 Å². The molecule has 4 unspecified atom stereocenters. The number of hydrogen-bond acceptors (Lipinski definition) is 6. The normalized spacial score (nSPS) is 41.4. The van der Waals surface area contributed by atoms with Crippen molar-refractivity contribution in [2.75, 3.05) is 0 Å². The van der Waals surface area contributed by atoms with Crippen molar-refractivity contribution in [1.82, 2.24) is 7.06 Å². The number of nitrogens with one attached hydrogen (secondary N) is 2. The van der Waals surface area contributed by atoms with Crippen molar-refractivity contribution in [1.29, 1.82) is 0 Å². The van der Waals surface area contributed by atoms with Gasteiger partial charge in [0.05, 0.1) is 0 Å². The number of alkyl halides is 8. The van der Waals surface area contributed by atoms with E-state index in [1.807, 2.05) is 0 Å². The van der Waals surface area contributed by atoms with Crippen LogP contribution in [0.3, 0.4) is 0 Å². The second-order valence-corrected chi connectivity index (χ2v) is 13.9. The first-order chi connectivity index (χ1) is 11.8. The van der Waals surface area contributed by atoms with Crippen molar-refractivity contribution in [3.05, 3.63) is 0 Å². The molecule has 14 heteroatoms. The molecule has 0 bridgehead atoms. The van der Waals surface area contributed by atoms with Crippen molar-refractivity contribution in [3.63, 3.8) is 0 Å². The van der Waals surface area contributed by atoms with Gasteiger partial charge in [0.2, 0.25) is 0 Å². The third-order valence-corrected chi connectivity index (χ3v) is 11.9. The van der Waals surface area contributed by atoms with Crippen LogP contribution in [0.1, 0.15) is 33.6 Å². The zero-order valence-corrected chi connectivity index (χ0v) is 18.4. The summed E-state index contributed by atoms with van der Waals surface area (Å²) in [5, 5.41) is 9.88. The number of rotatable bonds is 3. The predicted octanol–water partition coefficient (Wildman–Crippen LogP) is 3.06. The van der Waals surface area contributed by atoms with E-state index in [0.29, 0.717) is 6.92 Å². The summed E-state index contributed by atoms with van der Waals surface area (Å²) < 4.78 is 93.7. The van der Waals surface area contributed by atoms with E-state index in [1.54, 1.807) is 22.6 Å². The average molecular weight is 632 g/mol. The summed E-state index contributed by atoms with van der Waals surface area (Å²) in [4.78, 5) is 12.6. The number of halogens is 8. The van der Waals surface area contributed by atoms with Gasteiger partial charge in [0.25, 0.3) is 0 Å². The first kappa shape index (κ1) is 22.0. The van der Waals surface area contributed by atoms with Crippen molar-refractivity contribution in [2.24, 2.45) is 0 Å². The Labute approximate surface area is 171 Å². The van der Waals surface area contributed by atoms with Gasteiger partial charge in [-0.3, -0.25) is 0 Å². The maximum absolute atomic E-state index is 13.4. The van der Waals surface area contributed by atoms with Gasteiger partial charge in [-0.05, 0) is 0 Å². The molecule has 158 valence electrons. The third kappa shape index (κ3) is 3.34. The summed E-state index contributed by atoms with van der Waals surface area (Å²) in [5.74, 6) is -5.07. The van der Waals surface area contributed by atoms with Gasteiger partial charge in [0.1, 0.15) is 0 Å². The molecule has 3 heterocycles. The van der Waals surface area contributed by atoms with Gasteiger partial charge in [-0.25, -0.2) is 0 Å². The molecule has 0 radical (unpaired) electrons. The summed E-state index contributed by atoms with van der Waals surface area (Å²) in [5.41, 5.74) is -5.62. The fraction of sp³-hybridized carbons (Fsp3) is 0.923. The fourth-order valence-corrected chi connectivity index (χ4v) is 10.9. The Hall–Kier alpha value is 0.350. The van der Waals surface area contributed by atoms with Crippen LogP contribution in [0.2, 0.25) is 0 Å². The molecule has 27 heavy (non-hydrogen) atoms. The summed E-state index contributed by atoms with van der Waals surface area (Å²) in [6, 6.07) is 0. The molecule has 3 aliphatic heterocycles. The summed E-state index contributed by atoms with van der Waals surface area (Å²) in [6.07, 6.45) is -13.2. The maximum atomic E-state index is 13.4. The van der Waals surface area contributed by atoms with E-state index in [1.165, 1.54) is 6.92 Å². The SMILES string of the molecule is CC1(OC(=O)C(C)(I)C23NI2N3)CC(C)(C(F)(F)F)OC(O)(C(F)(F)F)C1. The fourth-order valence-electron chi connectivity index (χ4n) is 3.16. The molecule has 3 aliphatic rings. The van der Waals surface area contributed by atoms with Crippen LogP contribution in [-0.2, 0) is 14.3 Å². The van der Waals surface area contributed by atoms with Crippen molar-refractivity contribution in [2.45, 2.75) is 70.0 Å².